The van der Waals surface area contributed by atoms with E-state index in [1.807, 2.05) is 0 Å². The smallest absolute Gasteiger partial charge is 0.271 e. The maximum absolute atomic E-state index is 11.2. The predicted molar refractivity (Wildman–Crippen MR) is 68.6 cm³/mol. The minimum absolute atomic E-state index is 0.134. The Balaban J connectivity index is 1.81. The average Bonchev–Trinajstić information content (AvgIpc) is 2.36. The van der Waals surface area contributed by atoms with Crippen LogP contribution in [-0.2, 0) is 0 Å². The van der Waals surface area contributed by atoms with Crippen molar-refractivity contribution in [3.63, 3.8) is 0 Å². The Morgan fingerprint density at radius 2 is 2.47 bits per heavy atom. The van der Waals surface area contributed by atoms with Gasteiger partial charge in [-0.25, -0.2) is 4.98 Å². The average molecular weight is 257 g/mol. The van der Waals surface area contributed by atoms with Crippen LogP contribution in [0.2, 0.25) is 5.02 Å². The largest absolute Gasteiger partial charge is 0.369 e. The molecule has 1 aromatic heterocycles. The molecule has 0 bridgehead atoms. The topological polar surface area (TPSA) is 69.8 Å². The number of nitrogens with one attached hydrogen (secondary N) is 3. The van der Waals surface area contributed by atoms with Gasteiger partial charge in [0.1, 0.15) is 5.02 Å². The number of aromatic nitrogens is 2. The van der Waals surface area contributed by atoms with Crippen LogP contribution in [0.5, 0.6) is 0 Å². The molecular weight excluding hydrogens is 240 g/mol. The number of aromatic amines is 1. The standard InChI is InChI=1S/C11H17ClN4O/c12-9-10(15-7-16-11(9)17)14-5-3-8-2-1-4-13-6-8/h7-8,13H,1-6H2,(H2,14,15,16,17). The van der Waals surface area contributed by atoms with Crippen molar-refractivity contribution >= 4 is 17.4 Å². The van der Waals surface area contributed by atoms with Gasteiger partial charge in [-0.1, -0.05) is 11.6 Å². The minimum atomic E-state index is -0.302. The summed E-state index contributed by atoms with van der Waals surface area (Å²) < 4.78 is 0. The summed E-state index contributed by atoms with van der Waals surface area (Å²) in [7, 11) is 0. The molecule has 0 aromatic carbocycles. The van der Waals surface area contributed by atoms with E-state index in [9.17, 15) is 4.79 Å². The van der Waals surface area contributed by atoms with Crippen molar-refractivity contribution < 1.29 is 0 Å². The maximum Gasteiger partial charge on any atom is 0.271 e. The van der Waals surface area contributed by atoms with Gasteiger partial charge in [0.2, 0.25) is 0 Å². The van der Waals surface area contributed by atoms with Crippen LogP contribution in [0.25, 0.3) is 0 Å². The molecule has 6 heteroatoms. The van der Waals surface area contributed by atoms with Crippen LogP contribution in [0.4, 0.5) is 5.82 Å². The number of piperidine rings is 1. The van der Waals surface area contributed by atoms with Gasteiger partial charge < -0.3 is 15.6 Å². The van der Waals surface area contributed by atoms with E-state index in [1.165, 1.54) is 19.2 Å². The lowest BCUT2D eigenvalue weighted by Gasteiger charge is -2.22. The Hall–Kier alpha value is -1.07. The Labute approximate surface area is 105 Å². The van der Waals surface area contributed by atoms with Gasteiger partial charge in [-0.2, -0.15) is 0 Å². The summed E-state index contributed by atoms with van der Waals surface area (Å²) in [5.41, 5.74) is -0.302. The number of nitrogens with zero attached hydrogens (tertiary/aromatic N) is 1. The second-order valence-corrected chi connectivity index (χ2v) is 4.70. The second kappa shape index (κ2) is 6.02. The van der Waals surface area contributed by atoms with Crippen molar-refractivity contribution in [1.29, 1.82) is 0 Å². The highest BCUT2D eigenvalue weighted by Gasteiger charge is 2.12. The number of hydrogen-bond acceptors (Lipinski definition) is 4. The highest BCUT2D eigenvalue weighted by atomic mass is 35.5. The first-order valence-corrected chi connectivity index (χ1v) is 6.33. The van der Waals surface area contributed by atoms with Crippen molar-refractivity contribution in [2.24, 2.45) is 5.92 Å². The number of rotatable bonds is 4. The Morgan fingerprint density at radius 1 is 1.59 bits per heavy atom. The van der Waals surface area contributed by atoms with E-state index in [0.29, 0.717) is 11.7 Å². The van der Waals surface area contributed by atoms with Crippen LogP contribution in [0, 0.1) is 5.92 Å². The lowest BCUT2D eigenvalue weighted by molar-refractivity contribution is 0.364. The molecule has 0 radical (unpaired) electrons. The van der Waals surface area contributed by atoms with Crippen LogP contribution < -0.4 is 16.2 Å². The fraction of sp³-hybridized carbons (Fsp3) is 0.636. The zero-order valence-corrected chi connectivity index (χ0v) is 10.4. The first kappa shape index (κ1) is 12.4. The summed E-state index contributed by atoms with van der Waals surface area (Å²) >= 11 is 5.83. The number of hydrogen-bond donors (Lipinski definition) is 3. The lowest BCUT2D eigenvalue weighted by atomic mass is 9.96. The van der Waals surface area contributed by atoms with Gasteiger partial charge in [0.25, 0.3) is 5.56 Å². The highest BCUT2D eigenvalue weighted by molar-refractivity contribution is 6.32. The number of halogens is 1. The third-order valence-corrected chi connectivity index (χ3v) is 3.39. The fourth-order valence-corrected chi connectivity index (χ4v) is 2.24. The fourth-order valence-electron chi connectivity index (χ4n) is 2.07. The first-order chi connectivity index (χ1) is 8.27. The molecule has 2 heterocycles. The van der Waals surface area contributed by atoms with Crippen LogP contribution in [0.15, 0.2) is 11.1 Å². The van der Waals surface area contributed by atoms with E-state index in [1.54, 1.807) is 0 Å². The van der Waals surface area contributed by atoms with Crippen LogP contribution >= 0.6 is 11.6 Å². The van der Waals surface area contributed by atoms with E-state index >= 15 is 0 Å². The maximum atomic E-state index is 11.2. The van der Waals surface area contributed by atoms with E-state index < -0.39 is 0 Å². The van der Waals surface area contributed by atoms with E-state index in [0.717, 1.165) is 26.1 Å². The molecule has 0 aliphatic carbocycles. The number of anilines is 1. The van der Waals surface area contributed by atoms with E-state index in [2.05, 4.69) is 20.6 Å². The van der Waals surface area contributed by atoms with Crippen molar-refractivity contribution in [1.82, 2.24) is 15.3 Å². The molecule has 1 aliphatic heterocycles. The van der Waals surface area contributed by atoms with Gasteiger partial charge in [-0.15, -0.1) is 0 Å². The van der Waals surface area contributed by atoms with Crippen LogP contribution in [-0.4, -0.2) is 29.6 Å². The molecule has 5 nitrogen and oxygen atoms in total. The molecule has 3 N–H and O–H groups in total. The van der Waals surface area contributed by atoms with Gasteiger partial charge in [-0.3, -0.25) is 4.79 Å². The molecule has 1 aromatic rings. The zero-order chi connectivity index (χ0) is 12.1. The third kappa shape index (κ3) is 3.44. The third-order valence-electron chi connectivity index (χ3n) is 3.04. The van der Waals surface area contributed by atoms with Crippen LogP contribution in [0.3, 0.4) is 0 Å². The van der Waals surface area contributed by atoms with Crippen molar-refractivity contribution in [3.8, 4) is 0 Å². The molecule has 1 aliphatic rings. The summed E-state index contributed by atoms with van der Waals surface area (Å²) in [6.07, 6.45) is 4.94. The van der Waals surface area contributed by atoms with Crippen molar-refractivity contribution in [3.05, 3.63) is 21.7 Å². The molecule has 0 spiro atoms. The van der Waals surface area contributed by atoms with Gasteiger partial charge in [0.05, 0.1) is 6.33 Å². The summed E-state index contributed by atoms with van der Waals surface area (Å²) in [6.45, 7) is 3.01. The second-order valence-electron chi connectivity index (χ2n) is 4.32. The molecule has 2 rings (SSSR count). The van der Waals surface area contributed by atoms with E-state index in [4.69, 9.17) is 11.6 Å². The molecule has 1 unspecified atom stereocenters. The normalized spacial score (nSPS) is 20.2. The van der Waals surface area contributed by atoms with Gasteiger partial charge >= 0.3 is 0 Å². The molecular formula is C11H17ClN4O. The highest BCUT2D eigenvalue weighted by Crippen LogP contribution is 2.16. The molecule has 1 atom stereocenters. The van der Waals surface area contributed by atoms with Crippen molar-refractivity contribution in [2.75, 3.05) is 25.0 Å². The Bertz CT molecular complexity index is 414. The Morgan fingerprint density at radius 3 is 3.24 bits per heavy atom. The molecule has 94 valence electrons. The summed E-state index contributed by atoms with van der Waals surface area (Å²) in [6, 6.07) is 0. The molecule has 17 heavy (non-hydrogen) atoms. The Kier molecular flexibility index (Phi) is 4.39. The lowest BCUT2D eigenvalue weighted by Crippen LogP contribution is -2.30. The molecule has 0 amide bonds. The van der Waals surface area contributed by atoms with Crippen LogP contribution in [0.1, 0.15) is 19.3 Å². The predicted octanol–water partition coefficient (Wildman–Crippen LogP) is 1.22. The van der Waals surface area contributed by atoms with Gasteiger partial charge in [-0.05, 0) is 38.3 Å². The molecule has 0 saturated carbocycles. The quantitative estimate of drug-likeness (QED) is 0.758. The molecule has 1 fully saturated rings. The van der Waals surface area contributed by atoms with Crippen molar-refractivity contribution in [2.45, 2.75) is 19.3 Å². The van der Waals surface area contributed by atoms with E-state index in [-0.39, 0.29) is 10.6 Å². The monoisotopic (exact) mass is 256 g/mol. The zero-order valence-electron chi connectivity index (χ0n) is 9.63. The minimum Gasteiger partial charge on any atom is -0.369 e. The SMILES string of the molecule is O=c1[nH]cnc(NCCC2CCCNC2)c1Cl. The van der Waals surface area contributed by atoms with Gasteiger partial charge in [0, 0.05) is 6.54 Å². The number of H-pyrrole nitrogens is 1. The first-order valence-electron chi connectivity index (χ1n) is 5.95. The summed E-state index contributed by atoms with van der Waals surface area (Å²) in [5.74, 6) is 1.18. The molecule has 1 saturated heterocycles. The summed E-state index contributed by atoms with van der Waals surface area (Å²) in [4.78, 5) is 17.7. The summed E-state index contributed by atoms with van der Waals surface area (Å²) in [5, 5.41) is 6.62. The van der Waals surface area contributed by atoms with Gasteiger partial charge in [0.15, 0.2) is 5.82 Å².